The van der Waals surface area contributed by atoms with Crippen molar-refractivity contribution in [2.24, 2.45) is 5.18 Å². The molecule has 0 aliphatic heterocycles. The van der Waals surface area contributed by atoms with Gasteiger partial charge in [0.1, 0.15) is 0 Å². The zero-order chi connectivity index (χ0) is 16.3. The topological polar surface area (TPSA) is 131 Å². The molecular formula is C13H11N3O6. The molecule has 0 aliphatic carbocycles. The molecule has 2 rings (SSSR count). The summed E-state index contributed by atoms with van der Waals surface area (Å²) in [7, 11) is 0. The molecular weight excluding hydrogens is 294 g/mol. The third kappa shape index (κ3) is 2.64. The van der Waals surface area contributed by atoms with E-state index in [-0.39, 0.29) is 17.9 Å². The van der Waals surface area contributed by atoms with Crippen molar-refractivity contribution >= 4 is 11.7 Å². The van der Waals surface area contributed by atoms with E-state index in [1.165, 1.54) is 24.3 Å². The molecule has 0 aliphatic rings. The van der Waals surface area contributed by atoms with Crippen LogP contribution in [0.5, 0.6) is 5.88 Å². The maximum atomic E-state index is 11.8. The first-order valence-electron chi connectivity index (χ1n) is 6.18. The van der Waals surface area contributed by atoms with Crippen LogP contribution in [0.3, 0.4) is 0 Å². The number of benzene rings is 1. The van der Waals surface area contributed by atoms with Gasteiger partial charge in [0.2, 0.25) is 11.6 Å². The zero-order valence-corrected chi connectivity index (χ0v) is 11.4. The van der Waals surface area contributed by atoms with Gasteiger partial charge in [0.25, 0.3) is 5.56 Å². The summed E-state index contributed by atoms with van der Waals surface area (Å²) >= 11 is 0. The number of carbonyl (C=O) groups excluding carboxylic acids is 1. The summed E-state index contributed by atoms with van der Waals surface area (Å²) in [6.07, 6.45) is 0. The second-order valence-electron chi connectivity index (χ2n) is 4.13. The predicted molar refractivity (Wildman–Crippen MR) is 75.7 cm³/mol. The number of aromatic amines is 1. The molecule has 0 bridgehead atoms. The number of rotatable bonds is 4. The van der Waals surface area contributed by atoms with Gasteiger partial charge in [-0.15, -0.1) is 4.91 Å². The molecule has 22 heavy (non-hydrogen) atoms. The van der Waals surface area contributed by atoms with Crippen LogP contribution < -0.4 is 11.2 Å². The first-order chi connectivity index (χ1) is 10.5. The van der Waals surface area contributed by atoms with Crippen LogP contribution in [0.25, 0.3) is 5.69 Å². The Morgan fingerprint density at radius 2 is 1.95 bits per heavy atom. The van der Waals surface area contributed by atoms with E-state index < -0.39 is 28.8 Å². The lowest BCUT2D eigenvalue weighted by molar-refractivity contribution is 0.0526. The van der Waals surface area contributed by atoms with E-state index in [1.54, 1.807) is 6.92 Å². The fourth-order valence-electron chi connectivity index (χ4n) is 1.80. The van der Waals surface area contributed by atoms with Crippen LogP contribution in [0.1, 0.15) is 17.3 Å². The molecule has 9 nitrogen and oxygen atoms in total. The molecule has 0 unspecified atom stereocenters. The standard InChI is InChI=1S/C13H11N3O6/c1-2-22-12(19)7-3-5-8(6-4-7)16-11(18)9(15-21)10(17)14-13(16)20/h3-6,18H,2H2,1H3,(H,14,17,20). The Morgan fingerprint density at radius 3 is 2.50 bits per heavy atom. The number of H-pyrrole nitrogens is 1. The lowest BCUT2D eigenvalue weighted by Crippen LogP contribution is -2.28. The van der Waals surface area contributed by atoms with Crippen molar-refractivity contribution in [1.29, 1.82) is 0 Å². The SMILES string of the molecule is CCOC(=O)c1ccc(-n2c(O)c(N=O)c(=O)[nH]c2=O)cc1. The number of hydrogen-bond acceptors (Lipinski definition) is 7. The van der Waals surface area contributed by atoms with Crippen molar-refractivity contribution in [1.82, 2.24) is 9.55 Å². The molecule has 2 aromatic rings. The Bertz CT molecular complexity index is 834. The van der Waals surface area contributed by atoms with E-state index in [0.717, 1.165) is 0 Å². The van der Waals surface area contributed by atoms with Crippen LogP contribution in [0, 0.1) is 4.91 Å². The Kier molecular flexibility index (Phi) is 4.16. The van der Waals surface area contributed by atoms with Gasteiger partial charge in [0.05, 0.1) is 17.9 Å². The first kappa shape index (κ1) is 15.2. The third-order valence-electron chi connectivity index (χ3n) is 2.79. The molecule has 0 amide bonds. The second kappa shape index (κ2) is 6.04. The van der Waals surface area contributed by atoms with E-state index in [0.29, 0.717) is 4.57 Å². The van der Waals surface area contributed by atoms with Crippen LogP contribution in [-0.4, -0.2) is 27.2 Å². The largest absolute Gasteiger partial charge is 0.492 e. The van der Waals surface area contributed by atoms with E-state index >= 15 is 0 Å². The van der Waals surface area contributed by atoms with Crippen molar-refractivity contribution in [3.05, 3.63) is 55.6 Å². The van der Waals surface area contributed by atoms with E-state index in [1.807, 2.05) is 4.98 Å². The van der Waals surface area contributed by atoms with E-state index in [4.69, 9.17) is 4.74 Å². The minimum absolute atomic E-state index is 0.136. The van der Waals surface area contributed by atoms with Gasteiger partial charge in [-0.2, -0.15) is 0 Å². The highest BCUT2D eigenvalue weighted by Gasteiger charge is 2.16. The van der Waals surface area contributed by atoms with Crippen LogP contribution in [-0.2, 0) is 4.74 Å². The molecule has 114 valence electrons. The molecule has 1 heterocycles. The zero-order valence-electron chi connectivity index (χ0n) is 11.4. The molecule has 1 aromatic carbocycles. The summed E-state index contributed by atoms with van der Waals surface area (Å²) in [6, 6.07) is 5.44. The number of aromatic nitrogens is 2. The Balaban J connectivity index is 2.54. The van der Waals surface area contributed by atoms with Crippen molar-refractivity contribution in [2.45, 2.75) is 6.92 Å². The molecule has 0 saturated heterocycles. The summed E-state index contributed by atoms with van der Waals surface area (Å²) in [5, 5.41) is 12.2. The molecule has 9 heteroatoms. The number of nitrogens with one attached hydrogen (secondary N) is 1. The quantitative estimate of drug-likeness (QED) is 0.634. The molecule has 0 fully saturated rings. The second-order valence-corrected chi connectivity index (χ2v) is 4.13. The average Bonchev–Trinajstić information content (AvgIpc) is 2.48. The third-order valence-corrected chi connectivity index (χ3v) is 2.79. The predicted octanol–water partition coefficient (Wildman–Crippen LogP) is 0.806. The Labute approximate surface area is 122 Å². The van der Waals surface area contributed by atoms with Gasteiger partial charge in [0, 0.05) is 0 Å². The highest BCUT2D eigenvalue weighted by molar-refractivity contribution is 5.89. The van der Waals surface area contributed by atoms with Crippen molar-refractivity contribution in [3.8, 4) is 11.6 Å². The highest BCUT2D eigenvalue weighted by Crippen LogP contribution is 2.22. The lowest BCUT2D eigenvalue weighted by Gasteiger charge is -2.09. The maximum absolute atomic E-state index is 11.8. The number of nitroso groups, excluding NO2 is 1. The van der Waals surface area contributed by atoms with E-state index in [2.05, 4.69) is 5.18 Å². The molecule has 0 radical (unpaired) electrons. The fourth-order valence-corrected chi connectivity index (χ4v) is 1.80. The van der Waals surface area contributed by atoms with Gasteiger partial charge in [-0.25, -0.2) is 14.2 Å². The van der Waals surface area contributed by atoms with Gasteiger partial charge < -0.3 is 9.84 Å². The summed E-state index contributed by atoms with van der Waals surface area (Å²) in [5.74, 6) is -1.42. The monoisotopic (exact) mass is 305 g/mol. The van der Waals surface area contributed by atoms with Crippen LogP contribution in [0.15, 0.2) is 39.0 Å². The van der Waals surface area contributed by atoms with Crippen molar-refractivity contribution < 1.29 is 14.6 Å². The number of esters is 1. The number of aromatic hydroxyl groups is 1. The smallest absolute Gasteiger partial charge is 0.338 e. The summed E-state index contributed by atoms with van der Waals surface area (Å²) in [6.45, 7) is 1.88. The van der Waals surface area contributed by atoms with E-state index in [9.17, 15) is 24.4 Å². The Hall–Kier alpha value is -3.23. The minimum Gasteiger partial charge on any atom is -0.492 e. The highest BCUT2D eigenvalue weighted by atomic mass is 16.5. The van der Waals surface area contributed by atoms with Crippen molar-refractivity contribution in [2.75, 3.05) is 6.61 Å². The van der Waals surface area contributed by atoms with Gasteiger partial charge in [0.15, 0.2) is 0 Å². The van der Waals surface area contributed by atoms with Crippen molar-refractivity contribution in [3.63, 3.8) is 0 Å². The summed E-state index contributed by atoms with van der Waals surface area (Å²) in [5.41, 5.74) is -2.46. The van der Waals surface area contributed by atoms with Gasteiger partial charge in [-0.3, -0.25) is 9.78 Å². The van der Waals surface area contributed by atoms with Crippen LogP contribution in [0.4, 0.5) is 5.69 Å². The van der Waals surface area contributed by atoms with Crippen LogP contribution in [0.2, 0.25) is 0 Å². The first-order valence-corrected chi connectivity index (χ1v) is 6.18. The molecule has 0 spiro atoms. The fraction of sp³-hybridized carbons (Fsp3) is 0.154. The number of ether oxygens (including phenoxy) is 1. The number of carbonyl (C=O) groups is 1. The molecule has 0 atom stereocenters. The molecule has 1 aromatic heterocycles. The lowest BCUT2D eigenvalue weighted by atomic mass is 10.2. The number of nitrogens with zero attached hydrogens (tertiary/aromatic N) is 2. The minimum atomic E-state index is -1.09. The molecule has 0 saturated carbocycles. The Morgan fingerprint density at radius 1 is 1.32 bits per heavy atom. The number of hydrogen-bond donors (Lipinski definition) is 2. The van der Waals surface area contributed by atoms with Gasteiger partial charge >= 0.3 is 11.7 Å². The van der Waals surface area contributed by atoms with Crippen LogP contribution >= 0.6 is 0 Å². The van der Waals surface area contributed by atoms with Gasteiger partial charge in [-0.1, -0.05) is 0 Å². The molecule has 2 N–H and O–H groups in total. The summed E-state index contributed by atoms with van der Waals surface area (Å²) < 4.78 is 5.50. The summed E-state index contributed by atoms with van der Waals surface area (Å²) in [4.78, 5) is 47.0. The average molecular weight is 305 g/mol. The van der Waals surface area contributed by atoms with Gasteiger partial charge in [-0.05, 0) is 36.4 Å². The normalized spacial score (nSPS) is 10.2. The maximum Gasteiger partial charge on any atom is 0.338 e.